The van der Waals surface area contributed by atoms with Crippen molar-refractivity contribution in [1.82, 2.24) is 0 Å². The first-order chi connectivity index (χ1) is 12.9. The summed E-state index contributed by atoms with van der Waals surface area (Å²) in [5.41, 5.74) is 4.39. The van der Waals surface area contributed by atoms with E-state index < -0.39 is 0 Å². The van der Waals surface area contributed by atoms with Crippen LogP contribution < -0.4 is 0 Å². The van der Waals surface area contributed by atoms with Crippen LogP contribution in [0, 0.1) is 0 Å². The van der Waals surface area contributed by atoms with Gasteiger partial charge in [0.2, 0.25) is 0 Å². The number of aromatic hydroxyl groups is 1. The number of unbranched alkanes of at least 4 members (excludes halogenated alkanes) is 10. The molecule has 0 aliphatic rings. The molecule has 1 aromatic rings. The Kier molecular flexibility index (Phi) is 11.8. The van der Waals surface area contributed by atoms with E-state index in [0.29, 0.717) is 5.75 Å². The molecular weight excluding hydrogens is 328 g/mol. The smallest absolute Gasteiger partial charge is 0.116 e. The highest BCUT2D eigenvalue weighted by molar-refractivity contribution is 5.45. The van der Waals surface area contributed by atoms with Crippen LogP contribution in [0.2, 0.25) is 0 Å². The largest absolute Gasteiger partial charge is 0.508 e. The molecule has 0 saturated heterocycles. The number of phenolic OH excluding ortho intramolecular Hbond substituents is 1. The zero-order chi connectivity index (χ0) is 20.1. The Balaban J connectivity index is 2.75. The van der Waals surface area contributed by atoms with Crippen molar-refractivity contribution in [2.45, 2.75) is 130 Å². The molecule has 0 bridgehead atoms. The molecule has 0 heterocycles. The van der Waals surface area contributed by atoms with Gasteiger partial charge < -0.3 is 5.11 Å². The maximum absolute atomic E-state index is 10.3. The summed E-state index contributed by atoms with van der Waals surface area (Å²) in [6.07, 6.45) is 18.3. The summed E-state index contributed by atoms with van der Waals surface area (Å²) in [5, 5.41) is 10.3. The Hall–Kier alpha value is -0.980. The van der Waals surface area contributed by atoms with Gasteiger partial charge in [0.1, 0.15) is 5.75 Å². The summed E-state index contributed by atoms with van der Waals surface area (Å²) in [6, 6.07) is 4.07. The first kappa shape index (κ1) is 24.1. The molecule has 1 heteroatoms. The second-order valence-corrected chi connectivity index (χ2v) is 9.42. The monoisotopic (exact) mass is 374 g/mol. The Labute approximate surface area is 170 Å². The van der Waals surface area contributed by atoms with Crippen molar-refractivity contribution in [3.63, 3.8) is 0 Å². The fourth-order valence-electron chi connectivity index (χ4n) is 4.08. The van der Waals surface area contributed by atoms with E-state index in [0.717, 1.165) is 6.42 Å². The van der Waals surface area contributed by atoms with Gasteiger partial charge in [0.15, 0.2) is 0 Å². The van der Waals surface area contributed by atoms with E-state index in [9.17, 15) is 5.11 Å². The highest BCUT2D eigenvalue weighted by Gasteiger charge is 2.21. The van der Waals surface area contributed by atoms with Crippen molar-refractivity contribution in [2.75, 3.05) is 0 Å². The average Bonchev–Trinajstić information content (AvgIpc) is 2.61. The molecule has 0 aliphatic heterocycles. The van der Waals surface area contributed by atoms with Crippen LogP contribution in [0.4, 0.5) is 0 Å². The highest BCUT2D eigenvalue weighted by Crippen LogP contribution is 2.34. The summed E-state index contributed by atoms with van der Waals surface area (Å²) >= 11 is 0. The molecule has 0 aliphatic carbocycles. The van der Waals surface area contributed by atoms with Crippen LogP contribution in [0.25, 0.3) is 0 Å². The maximum atomic E-state index is 10.3. The lowest BCUT2D eigenvalue weighted by Gasteiger charge is -2.26. The molecule has 0 radical (unpaired) electrons. The van der Waals surface area contributed by atoms with Gasteiger partial charge in [-0.15, -0.1) is 0 Å². The lowest BCUT2D eigenvalue weighted by molar-refractivity contribution is 0.468. The van der Waals surface area contributed by atoms with E-state index in [1.54, 1.807) is 0 Å². The first-order valence-corrected chi connectivity index (χ1v) is 11.7. The van der Waals surface area contributed by atoms with Crippen LogP contribution in [0.5, 0.6) is 5.75 Å². The van der Waals surface area contributed by atoms with Gasteiger partial charge in [0.25, 0.3) is 0 Å². The lowest BCUT2D eigenvalue weighted by atomic mass is 9.79. The average molecular weight is 375 g/mol. The number of hydrogen-bond donors (Lipinski definition) is 1. The molecule has 156 valence electrons. The van der Waals surface area contributed by atoms with Crippen molar-refractivity contribution in [3.8, 4) is 5.75 Å². The molecule has 1 rings (SSSR count). The van der Waals surface area contributed by atoms with Gasteiger partial charge in [-0.05, 0) is 59.9 Å². The molecule has 0 aromatic heterocycles. The number of phenols is 1. The van der Waals surface area contributed by atoms with Crippen LogP contribution >= 0.6 is 0 Å². The molecule has 0 fully saturated rings. The number of rotatable bonds is 14. The quantitative estimate of drug-likeness (QED) is 0.324. The molecule has 0 amide bonds. The summed E-state index contributed by atoms with van der Waals surface area (Å²) in [7, 11) is 0. The first-order valence-electron chi connectivity index (χ1n) is 11.7. The molecule has 1 nitrogen and oxygen atoms in total. The summed E-state index contributed by atoms with van der Waals surface area (Å²) < 4.78 is 0. The fourth-order valence-corrected chi connectivity index (χ4v) is 4.08. The molecule has 1 N–H and O–H groups in total. The number of benzene rings is 1. The van der Waals surface area contributed by atoms with Gasteiger partial charge in [0, 0.05) is 0 Å². The Morgan fingerprint density at radius 2 is 1.15 bits per heavy atom. The van der Waals surface area contributed by atoms with Crippen molar-refractivity contribution >= 4 is 0 Å². The highest BCUT2D eigenvalue weighted by atomic mass is 16.3. The van der Waals surface area contributed by atoms with Crippen LogP contribution in [0.3, 0.4) is 0 Å². The zero-order valence-electron chi connectivity index (χ0n) is 19.0. The van der Waals surface area contributed by atoms with E-state index in [1.165, 1.54) is 100 Å². The second kappa shape index (κ2) is 13.2. The van der Waals surface area contributed by atoms with Gasteiger partial charge in [-0.2, -0.15) is 0 Å². The van der Waals surface area contributed by atoms with E-state index in [1.807, 2.05) is 12.1 Å². The van der Waals surface area contributed by atoms with Crippen LogP contribution in [0.1, 0.15) is 128 Å². The van der Waals surface area contributed by atoms with Crippen molar-refractivity contribution < 1.29 is 5.11 Å². The minimum Gasteiger partial charge on any atom is -0.508 e. The molecule has 0 saturated carbocycles. The third-order valence-electron chi connectivity index (χ3n) is 5.72. The topological polar surface area (TPSA) is 20.2 Å². The van der Waals surface area contributed by atoms with Crippen molar-refractivity contribution in [1.29, 1.82) is 0 Å². The van der Waals surface area contributed by atoms with Gasteiger partial charge in [0.05, 0.1) is 0 Å². The third-order valence-corrected chi connectivity index (χ3v) is 5.72. The van der Waals surface area contributed by atoms with Crippen LogP contribution in [-0.4, -0.2) is 5.11 Å². The summed E-state index contributed by atoms with van der Waals surface area (Å²) in [5.74, 6) is 0.451. The molecule has 27 heavy (non-hydrogen) atoms. The van der Waals surface area contributed by atoms with Crippen LogP contribution in [0.15, 0.2) is 12.1 Å². The van der Waals surface area contributed by atoms with Crippen molar-refractivity contribution in [2.24, 2.45) is 0 Å². The minimum atomic E-state index is 0.0894. The molecular formula is C26H46O. The normalized spacial score (nSPS) is 11.9. The van der Waals surface area contributed by atoms with Gasteiger partial charge in [-0.1, -0.05) is 98.8 Å². The molecule has 0 unspecified atom stereocenters. The van der Waals surface area contributed by atoms with Crippen LogP contribution in [-0.2, 0) is 18.3 Å². The van der Waals surface area contributed by atoms with E-state index in [2.05, 4.69) is 34.6 Å². The Bertz CT molecular complexity index is 510. The third kappa shape index (κ3) is 9.67. The zero-order valence-corrected chi connectivity index (χ0v) is 19.0. The Morgan fingerprint density at radius 3 is 1.67 bits per heavy atom. The Morgan fingerprint density at radius 1 is 0.667 bits per heavy atom. The fraction of sp³-hybridized carbons (Fsp3) is 0.769. The standard InChI is InChI=1S/C26H46O/c1-6-8-10-12-14-16-18-22-20-23(27)21-25(26(3,4)5)24(22)19-17-15-13-11-9-7-2/h20-21,27H,6-19H2,1-5H3. The maximum Gasteiger partial charge on any atom is 0.116 e. The van der Waals surface area contributed by atoms with Gasteiger partial charge in [-0.3, -0.25) is 0 Å². The second-order valence-electron chi connectivity index (χ2n) is 9.42. The van der Waals surface area contributed by atoms with E-state index in [-0.39, 0.29) is 5.41 Å². The summed E-state index contributed by atoms with van der Waals surface area (Å²) in [4.78, 5) is 0. The SMILES string of the molecule is CCCCCCCCc1cc(O)cc(C(C)(C)C)c1CCCCCCCC. The number of hydrogen-bond acceptors (Lipinski definition) is 1. The predicted molar refractivity (Wildman–Crippen MR) is 121 cm³/mol. The molecule has 1 aromatic carbocycles. The van der Waals surface area contributed by atoms with E-state index in [4.69, 9.17) is 0 Å². The van der Waals surface area contributed by atoms with Crippen molar-refractivity contribution in [3.05, 3.63) is 28.8 Å². The minimum absolute atomic E-state index is 0.0894. The number of aryl methyl sites for hydroxylation is 1. The lowest BCUT2D eigenvalue weighted by Crippen LogP contribution is -2.16. The molecule has 0 atom stereocenters. The predicted octanol–water partition coefficient (Wildman–Crippen LogP) is 8.50. The van der Waals surface area contributed by atoms with Gasteiger partial charge >= 0.3 is 0 Å². The van der Waals surface area contributed by atoms with E-state index >= 15 is 0 Å². The molecule has 0 spiro atoms. The summed E-state index contributed by atoms with van der Waals surface area (Å²) in [6.45, 7) is 11.4. The van der Waals surface area contributed by atoms with Gasteiger partial charge in [-0.25, -0.2) is 0 Å².